The molecule has 0 fully saturated rings. The third kappa shape index (κ3) is 2.94. The predicted molar refractivity (Wildman–Crippen MR) is 187 cm³/mol. The Bertz CT molecular complexity index is 2610. The Morgan fingerprint density at radius 3 is 1.95 bits per heavy atom. The van der Waals surface area contributed by atoms with Gasteiger partial charge in [0.05, 0.1) is 16.9 Å². The first kappa shape index (κ1) is 24.1. The van der Waals surface area contributed by atoms with E-state index in [1.165, 1.54) is 93.2 Å². The summed E-state index contributed by atoms with van der Waals surface area (Å²) in [6.45, 7) is 4.82. The van der Waals surface area contributed by atoms with Crippen molar-refractivity contribution in [3.05, 3.63) is 151 Å². The SMILES string of the molecule is CC1(C)c2ccccc2-c2c1c1c(-c3ccc4ccc5cccc6ccc3c4c56)cccc1n2-c1cccc2ccccc12. The smallest absolute Gasteiger partial charge is 0.0585 e. The molecule has 8 aromatic carbocycles. The molecule has 0 N–H and O–H groups in total. The van der Waals surface area contributed by atoms with Gasteiger partial charge in [0.25, 0.3) is 0 Å². The van der Waals surface area contributed by atoms with E-state index in [2.05, 4.69) is 158 Å². The zero-order valence-corrected chi connectivity index (χ0v) is 24.7. The first-order valence-corrected chi connectivity index (χ1v) is 15.5. The third-order valence-corrected chi connectivity index (χ3v) is 10.3. The lowest BCUT2D eigenvalue weighted by Gasteiger charge is -2.23. The molecular formula is C43H29N. The van der Waals surface area contributed by atoms with E-state index in [0.717, 1.165) is 0 Å². The molecule has 1 aromatic heterocycles. The van der Waals surface area contributed by atoms with Gasteiger partial charge in [-0.1, -0.05) is 141 Å². The molecule has 1 nitrogen and oxygen atoms in total. The average molecular weight is 560 g/mol. The maximum Gasteiger partial charge on any atom is 0.0585 e. The number of nitrogens with zero attached hydrogens (tertiary/aromatic N) is 1. The Labute approximate surface area is 255 Å². The summed E-state index contributed by atoms with van der Waals surface area (Å²) in [4.78, 5) is 0. The van der Waals surface area contributed by atoms with E-state index in [1.54, 1.807) is 0 Å². The van der Waals surface area contributed by atoms with Crippen LogP contribution in [-0.2, 0) is 5.41 Å². The second-order valence-electron chi connectivity index (χ2n) is 12.9. The number of hydrogen-bond acceptors (Lipinski definition) is 0. The van der Waals surface area contributed by atoms with Crippen LogP contribution in [0.1, 0.15) is 25.0 Å². The van der Waals surface area contributed by atoms with Crippen LogP contribution in [0.25, 0.3) is 82.1 Å². The number of aromatic nitrogens is 1. The highest BCUT2D eigenvalue weighted by atomic mass is 15.0. The second kappa shape index (κ2) is 8.36. The van der Waals surface area contributed by atoms with Crippen molar-refractivity contribution < 1.29 is 0 Å². The van der Waals surface area contributed by atoms with Crippen molar-refractivity contribution in [2.24, 2.45) is 0 Å². The first-order chi connectivity index (χ1) is 21.6. The molecule has 206 valence electrons. The largest absolute Gasteiger partial charge is 0.308 e. The first-order valence-electron chi connectivity index (χ1n) is 15.5. The molecule has 0 unspecified atom stereocenters. The minimum absolute atomic E-state index is 0.153. The summed E-state index contributed by atoms with van der Waals surface area (Å²) in [5, 5.41) is 11.8. The van der Waals surface area contributed by atoms with Crippen molar-refractivity contribution in [3.63, 3.8) is 0 Å². The Balaban J connectivity index is 1.39. The summed E-state index contributed by atoms with van der Waals surface area (Å²) in [6, 6.07) is 52.0. The minimum Gasteiger partial charge on any atom is -0.308 e. The van der Waals surface area contributed by atoms with Crippen LogP contribution in [0.3, 0.4) is 0 Å². The van der Waals surface area contributed by atoms with Crippen LogP contribution in [0.4, 0.5) is 0 Å². The summed E-state index contributed by atoms with van der Waals surface area (Å²) >= 11 is 0. The zero-order valence-electron chi connectivity index (χ0n) is 24.7. The van der Waals surface area contributed by atoms with Crippen LogP contribution >= 0.6 is 0 Å². The molecule has 0 saturated heterocycles. The molecule has 9 aromatic rings. The van der Waals surface area contributed by atoms with Crippen LogP contribution in [0.2, 0.25) is 0 Å². The standard InChI is InChI=1S/C43H29N/c1-43(2)35-17-6-5-15-34(35)42-41(43)40-32(16-9-19-37(40)44(42)36-18-8-11-26-10-3-4-14-30(26)36)31-24-22-29-21-20-27-12-7-13-28-23-25-33(31)39(29)38(27)28/h3-25H,1-2H3. The lowest BCUT2D eigenvalue weighted by atomic mass is 9.80. The molecule has 1 aliphatic rings. The van der Waals surface area contributed by atoms with Gasteiger partial charge in [0.15, 0.2) is 0 Å². The molecule has 1 heterocycles. The van der Waals surface area contributed by atoms with E-state index in [9.17, 15) is 0 Å². The molecule has 0 bridgehead atoms. The van der Waals surface area contributed by atoms with Crippen molar-refractivity contribution in [1.82, 2.24) is 4.57 Å². The molecule has 1 aliphatic carbocycles. The van der Waals surface area contributed by atoms with Gasteiger partial charge in [0.1, 0.15) is 0 Å². The van der Waals surface area contributed by atoms with Gasteiger partial charge in [-0.25, -0.2) is 0 Å². The van der Waals surface area contributed by atoms with Crippen molar-refractivity contribution in [3.8, 4) is 28.1 Å². The maximum atomic E-state index is 2.56. The fourth-order valence-corrected chi connectivity index (χ4v) is 8.42. The summed E-state index contributed by atoms with van der Waals surface area (Å²) in [6.07, 6.45) is 0. The molecule has 44 heavy (non-hydrogen) atoms. The molecule has 0 saturated carbocycles. The van der Waals surface area contributed by atoms with Crippen molar-refractivity contribution >= 4 is 54.0 Å². The highest BCUT2D eigenvalue weighted by molar-refractivity contribution is 6.26. The molecule has 0 aliphatic heterocycles. The maximum absolute atomic E-state index is 2.56. The zero-order chi connectivity index (χ0) is 29.2. The summed E-state index contributed by atoms with van der Waals surface area (Å²) in [5.41, 5.74) is 10.4. The number of rotatable bonds is 2. The van der Waals surface area contributed by atoms with E-state index in [4.69, 9.17) is 0 Å². The van der Waals surface area contributed by atoms with Crippen molar-refractivity contribution in [2.45, 2.75) is 19.3 Å². The molecule has 10 rings (SSSR count). The highest BCUT2D eigenvalue weighted by Crippen LogP contribution is 2.56. The van der Waals surface area contributed by atoms with E-state index in [0.29, 0.717) is 0 Å². The van der Waals surface area contributed by atoms with Gasteiger partial charge in [0, 0.05) is 21.8 Å². The fraction of sp³-hybridized carbons (Fsp3) is 0.0698. The van der Waals surface area contributed by atoms with E-state index >= 15 is 0 Å². The number of hydrogen-bond donors (Lipinski definition) is 0. The Morgan fingerprint density at radius 2 is 1.07 bits per heavy atom. The highest BCUT2D eigenvalue weighted by Gasteiger charge is 2.41. The van der Waals surface area contributed by atoms with Gasteiger partial charge in [-0.15, -0.1) is 0 Å². The Kier molecular flexibility index (Phi) is 4.58. The lowest BCUT2D eigenvalue weighted by Crippen LogP contribution is -2.15. The van der Waals surface area contributed by atoms with Gasteiger partial charge >= 0.3 is 0 Å². The molecule has 1 heteroatoms. The van der Waals surface area contributed by atoms with Crippen molar-refractivity contribution in [2.75, 3.05) is 0 Å². The summed E-state index contributed by atoms with van der Waals surface area (Å²) in [5.74, 6) is 0. The number of benzene rings is 8. The van der Waals surface area contributed by atoms with Gasteiger partial charge in [-0.2, -0.15) is 0 Å². The van der Waals surface area contributed by atoms with Gasteiger partial charge in [-0.05, 0) is 72.1 Å². The fourth-order valence-electron chi connectivity index (χ4n) is 8.42. The monoisotopic (exact) mass is 559 g/mol. The minimum atomic E-state index is -0.153. The van der Waals surface area contributed by atoms with Gasteiger partial charge < -0.3 is 4.57 Å². The summed E-state index contributed by atoms with van der Waals surface area (Å²) in [7, 11) is 0. The Morgan fingerprint density at radius 1 is 0.432 bits per heavy atom. The van der Waals surface area contributed by atoms with Crippen LogP contribution in [0.5, 0.6) is 0 Å². The molecule has 0 amide bonds. The van der Waals surface area contributed by atoms with Gasteiger partial charge in [0.2, 0.25) is 0 Å². The molecule has 0 spiro atoms. The second-order valence-corrected chi connectivity index (χ2v) is 12.9. The van der Waals surface area contributed by atoms with Crippen molar-refractivity contribution in [1.29, 1.82) is 0 Å². The molecule has 0 radical (unpaired) electrons. The predicted octanol–water partition coefficient (Wildman–Crippen LogP) is 11.7. The van der Waals surface area contributed by atoms with E-state index in [-0.39, 0.29) is 5.41 Å². The Hall–Kier alpha value is -5.40. The van der Waals surface area contributed by atoms with E-state index in [1.807, 2.05) is 0 Å². The quantitative estimate of drug-likeness (QED) is 0.186. The number of fused-ring (bicyclic) bond motifs is 6. The lowest BCUT2D eigenvalue weighted by molar-refractivity contribution is 0.666. The van der Waals surface area contributed by atoms with Gasteiger partial charge in [-0.3, -0.25) is 0 Å². The normalized spacial score (nSPS) is 13.9. The third-order valence-electron chi connectivity index (χ3n) is 10.3. The van der Waals surface area contributed by atoms with Crippen LogP contribution in [-0.4, -0.2) is 4.57 Å². The van der Waals surface area contributed by atoms with Crippen LogP contribution in [0, 0.1) is 0 Å². The van der Waals surface area contributed by atoms with Crippen LogP contribution in [0.15, 0.2) is 140 Å². The molecular weight excluding hydrogens is 530 g/mol. The van der Waals surface area contributed by atoms with Crippen LogP contribution < -0.4 is 0 Å². The van der Waals surface area contributed by atoms with E-state index < -0.39 is 0 Å². The topological polar surface area (TPSA) is 4.93 Å². The average Bonchev–Trinajstić information content (AvgIpc) is 3.54. The summed E-state index contributed by atoms with van der Waals surface area (Å²) < 4.78 is 2.56. The molecule has 0 atom stereocenters.